The third-order valence-corrected chi connectivity index (χ3v) is 5.09. The Kier molecular flexibility index (Phi) is 7.60. The second kappa shape index (κ2) is 10.4. The molecule has 7 heteroatoms. The number of oxazole rings is 1. The number of hydrogen-bond acceptors (Lipinski definition) is 4. The summed E-state index contributed by atoms with van der Waals surface area (Å²) in [6, 6.07) is 12.0. The predicted octanol–water partition coefficient (Wildman–Crippen LogP) is 5.26. The maximum Gasteiger partial charge on any atom is 0.303 e. The molecule has 3 aromatic rings. The molecule has 1 unspecified atom stereocenters. The number of benzene rings is 2. The van der Waals surface area contributed by atoms with Crippen molar-refractivity contribution in [1.82, 2.24) is 10.3 Å². The van der Waals surface area contributed by atoms with Crippen LogP contribution in [0.5, 0.6) is 0 Å². The highest BCUT2D eigenvalue weighted by Gasteiger charge is 2.14. The Hall–Kier alpha value is -2.70. The fourth-order valence-corrected chi connectivity index (χ4v) is 3.41. The first kappa shape index (κ1) is 22.0. The van der Waals surface area contributed by atoms with E-state index in [1.54, 1.807) is 12.3 Å². The predicted molar refractivity (Wildman–Crippen MR) is 114 cm³/mol. The zero-order valence-electron chi connectivity index (χ0n) is 16.7. The number of nitrogens with one attached hydrogen (secondary N) is 1. The van der Waals surface area contributed by atoms with E-state index in [1.165, 1.54) is 12.1 Å². The number of aryl methyl sites for hydroxylation is 1. The molecule has 30 heavy (non-hydrogen) atoms. The summed E-state index contributed by atoms with van der Waals surface area (Å²) < 4.78 is 19.7. The Morgan fingerprint density at radius 2 is 2.03 bits per heavy atom. The number of hydrogen-bond donors (Lipinski definition) is 2. The number of aromatic nitrogens is 1. The molecule has 0 aliphatic heterocycles. The van der Waals surface area contributed by atoms with Gasteiger partial charge >= 0.3 is 5.97 Å². The lowest BCUT2D eigenvalue weighted by Gasteiger charge is -2.18. The van der Waals surface area contributed by atoms with Gasteiger partial charge in [-0.25, -0.2) is 9.37 Å². The maximum atomic E-state index is 14.1. The van der Waals surface area contributed by atoms with E-state index in [2.05, 4.69) is 10.3 Å². The first-order chi connectivity index (χ1) is 14.4. The molecule has 5 nitrogen and oxygen atoms in total. The van der Waals surface area contributed by atoms with Crippen molar-refractivity contribution in [3.8, 4) is 11.1 Å². The van der Waals surface area contributed by atoms with Gasteiger partial charge in [-0.1, -0.05) is 42.8 Å². The Bertz CT molecular complexity index is 988. The van der Waals surface area contributed by atoms with E-state index in [0.29, 0.717) is 35.9 Å². The molecular formula is C23H24ClFN2O3. The van der Waals surface area contributed by atoms with Crippen LogP contribution in [0, 0.1) is 5.82 Å². The second-order valence-corrected chi connectivity index (χ2v) is 7.55. The number of nitrogens with zero attached hydrogens (tertiary/aromatic N) is 1. The van der Waals surface area contributed by atoms with Crippen LogP contribution < -0.4 is 5.32 Å². The van der Waals surface area contributed by atoms with Crippen molar-refractivity contribution in [1.29, 1.82) is 0 Å². The fraction of sp³-hybridized carbons (Fsp3) is 0.304. The summed E-state index contributed by atoms with van der Waals surface area (Å²) >= 11 is 5.99. The van der Waals surface area contributed by atoms with Crippen molar-refractivity contribution in [3.05, 3.63) is 76.7 Å². The highest BCUT2D eigenvalue weighted by molar-refractivity contribution is 6.30. The van der Waals surface area contributed by atoms with Gasteiger partial charge in [-0.05, 0) is 42.2 Å². The van der Waals surface area contributed by atoms with E-state index in [9.17, 15) is 9.18 Å². The second-order valence-electron chi connectivity index (χ2n) is 7.11. The third-order valence-electron chi connectivity index (χ3n) is 4.85. The number of carboxylic acid groups (broad SMARTS) is 1. The van der Waals surface area contributed by atoms with Gasteiger partial charge in [0.05, 0.1) is 12.7 Å². The minimum atomic E-state index is -0.832. The molecule has 0 aliphatic carbocycles. The Morgan fingerprint density at radius 1 is 1.27 bits per heavy atom. The molecule has 3 rings (SSSR count). The average molecular weight is 431 g/mol. The normalized spacial score (nSPS) is 12.1. The van der Waals surface area contributed by atoms with Gasteiger partial charge in [0.25, 0.3) is 0 Å². The van der Waals surface area contributed by atoms with Gasteiger partial charge in [0.2, 0.25) is 0 Å². The van der Waals surface area contributed by atoms with Crippen molar-refractivity contribution in [2.24, 2.45) is 0 Å². The Morgan fingerprint density at radius 3 is 2.70 bits per heavy atom. The molecule has 1 heterocycles. The molecule has 1 aromatic heterocycles. The lowest BCUT2D eigenvalue weighted by molar-refractivity contribution is -0.137. The highest BCUT2D eigenvalue weighted by atomic mass is 35.5. The Labute approximate surface area is 179 Å². The summed E-state index contributed by atoms with van der Waals surface area (Å²) in [5.74, 6) is 0.241. The summed E-state index contributed by atoms with van der Waals surface area (Å²) in [6.07, 6.45) is 3.60. The SMILES string of the molecule is CCc1ncc(CNC(CCC(=O)O)Cc2ccc(-c3cc(Cl)ccc3F)cc2)o1. The van der Waals surface area contributed by atoms with Gasteiger partial charge in [-0.3, -0.25) is 4.79 Å². The largest absolute Gasteiger partial charge is 0.481 e. The molecule has 0 aliphatic rings. The fourth-order valence-electron chi connectivity index (χ4n) is 3.24. The Balaban J connectivity index is 1.68. The molecule has 2 aromatic carbocycles. The summed E-state index contributed by atoms with van der Waals surface area (Å²) in [4.78, 5) is 15.2. The van der Waals surface area contributed by atoms with E-state index in [4.69, 9.17) is 21.1 Å². The van der Waals surface area contributed by atoms with Crippen LogP contribution in [0.3, 0.4) is 0 Å². The molecular weight excluding hydrogens is 407 g/mol. The monoisotopic (exact) mass is 430 g/mol. The average Bonchev–Trinajstić information content (AvgIpc) is 3.20. The van der Waals surface area contributed by atoms with Crippen molar-refractivity contribution >= 4 is 17.6 Å². The zero-order valence-corrected chi connectivity index (χ0v) is 17.5. The number of carboxylic acids is 1. The van der Waals surface area contributed by atoms with Crippen molar-refractivity contribution in [2.45, 2.75) is 45.2 Å². The van der Waals surface area contributed by atoms with E-state index in [0.717, 1.165) is 23.3 Å². The van der Waals surface area contributed by atoms with E-state index >= 15 is 0 Å². The molecule has 0 saturated carbocycles. The van der Waals surface area contributed by atoms with Crippen LogP contribution >= 0.6 is 11.6 Å². The standard InChI is InChI=1S/C23H24ClFN2O3/c1-2-22-27-14-19(30-22)13-26-18(8-10-23(28)29)11-15-3-5-16(6-4-15)20-12-17(24)7-9-21(20)25/h3-7,9,12,14,18,26H,2,8,10-11,13H2,1H3,(H,28,29). The molecule has 1 atom stereocenters. The van der Waals surface area contributed by atoms with Crippen LogP contribution in [0.25, 0.3) is 11.1 Å². The summed E-state index contributed by atoms with van der Waals surface area (Å²) in [6.45, 7) is 2.45. The van der Waals surface area contributed by atoms with E-state index < -0.39 is 5.97 Å². The van der Waals surface area contributed by atoms with Crippen molar-refractivity contribution < 1.29 is 18.7 Å². The summed E-state index contributed by atoms with van der Waals surface area (Å²) in [7, 11) is 0. The van der Waals surface area contributed by atoms with Gasteiger partial charge in [-0.15, -0.1) is 0 Å². The van der Waals surface area contributed by atoms with Crippen molar-refractivity contribution in [2.75, 3.05) is 0 Å². The molecule has 0 fully saturated rings. The molecule has 158 valence electrons. The third kappa shape index (κ3) is 6.15. The van der Waals surface area contributed by atoms with Gasteiger partial charge in [0.15, 0.2) is 5.89 Å². The van der Waals surface area contributed by atoms with Gasteiger partial charge in [0.1, 0.15) is 11.6 Å². The molecule has 0 saturated heterocycles. The number of rotatable bonds is 10. The minimum absolute atomic E-state index is 0.0509. The number of halogens is 2. The molecule has 0 radical (unpaired) electrons. The van der Waals surface area contributed by atoms with Crippen LogP contribution in [0.1, 0.15) is 37.0 Å². The van der Waals surface area contributed by atoms with Crippen LogP contribution in [0.15, 0.2) is 53.1 Å². The highest BCUT2D eigenvalue weighted by Crippen LogP contribution is 2.26. The van der Waals surface area contributed by atoms with E-state index in [1.807, 2.05) is 31.2 Å². The zero-order chi connectivity index (χ0) is 21.5. The maximum absolute atomic E-state index is 14.1. The topological polar surface area (TPSA) is 75.4 Å². The van der Waals surface area contributed by atoms with Crippen LogP contribution in [-0.4, -0.2) is 22.1 Å². The van der Waals surface area contributed by atoms with E-state index in [-0.39, 0.29) is 18.3 Å². The van der Waals surface area contributed by atoms with Gasteiger partial charge < -0.3 is 14.8 Å². The molecule has 0 spiro atoms. The minimum Gasteiger partial charge on any atom is -0.481 e. The van der Waals surface area contributed by atoms with Gasteiger partial charge in [-0.2, -0.15) is 0 Å². The first-order valence-electron chi connectivity index (χ1n) is 9.87. The van der Waals surface area contributed by atoms with Gasteiger partial charge in [0, 0.05) is 29.5 Å². The van der Waals surface area contributed by atoms with Crippen LogP contribution in [-0.2, 0) is 24.2 Å². The lowest BCUT2D eigenvalue weighted by Crippen LogP contribution is -2.31. The molecule has 0 amide bonds. The number of aliphatic carboxylic acids is 1. The first-order valence-corrected chi connectivity index (χ1v) is 10.3. The summed E-state index contributed by atoms with van der Waals surface area (Å²) in [5, 5.41) is 12.9. The van der Waals surface area contributed by atoms with Crippen molar-refractivity contribution in [3.63, 3.8) is 0 Å². The smallest absolute Gasteiger partial charge is 0.303 e. The summed E-state index contributed by atoms with van der Waals surface area (Å²) in [5.41, 5.74) is 2.21. The lowest BCUT2D eigenvalue weighted by atomic mass is 9.98. The quantitative estimate of drug-likeness (QED) is 0.458. The molecule has 0 bridgehead atoms. The van der Waals surface area contributed by atoms with Crippen LogP contribution in [0.2, 0.25) is 5.02 Å². The number of carbonyl (C=O) groups is 1. The molecule has 2 N–H and O–H groups in total. The van der Waals surface area contributed by atoms with Crippen LogP contribution in [0.4, 0.5) is 4.39 Å².